The number of anilines is 1. The molecule has 1 aromatic carbocycles. The van der Waals surface area contributed by atoms with Crippen LogP contribution in [0.5, 0.6) is 0 Å². The highest BCUT2D eigenvalue weighted by Crippen LogP contribution is 2.26. The average Bonchev–Trinajstić information content (AvgIpc) is 2.28. The number of primary sulfonamides is 1. The van der Waals surface area contributed by atoms with E-state index in [1.807, 2.05) is 0 Å². The van der Waals surface area contributed by atoms with E-state index in [0.29, 0.717) is 0 Å². The Morgan fingerprint density at radius 1 is 1.25 bits per heavy atom. The SMILES string of the molecule is Nc1cc(S(=O)(=O)NCCCS(N)(=O)=O)c(Br)cc1F. The first-order valence-electron chi connectivity index (χ1n) is 5.27. The fourth-order valence-electron chi connectivity index (χ4n) is 1.31. The highest BCUT2D eigenvalue weighted by molar-refractivity contribution is 9.10. The van der Waals surface area contributed by atoms with E-state index in [1.165, 1.54) is 0 Å². The molecule has 0 amide bonds. The minimum atomic E-state index is -3.93. The maximum atomic E-state index is 13.1. The third-order valence-corrected chi connectivity index (χ3v) is 5.52. The van der Waals surface area contributed by atoms with Crippen molar-refractivity contribution in [3.63, 3.8) is 0 Å². The van der Waals surface area contributed by atoms with Gasteiger partial charge in [0.1, 0.15) is 5.82 Å². The van der Waals surface area contributed by atoms with E-state index in [0.717, 1.165) is 12.1 Å². The number of rotatable bonds is 6. The van der Waals surface area contributed by atoms with Crippen molar-refractivity contribution < 1.29 is 21.2 Å². The van der Waals surface area contributed by atoms with Crippen molar-refractivity contribution in [2.45, 2.75) is 11.3 Å². The first kappa shape index (κ1) is 17.3. The fourth-order valence-corrected chi connectivity index (χ4v) is 3.98. The highest BCUT2D eigenvalue weighted by Gasteiger charge is 2.19. The van der Waals surface area contributed by atoms with Crippen LogP contribution in [0.2, 0.25) is 0 Å². The normalized spacial score (nSPS) is 12.6. The molecule has 0 fully saturated rings. The molecule has 114 valence electrons. The quantitative estimate of drug-likeness (QED) is 0.469. The standard InChI is InChI=1S/C9H13BrFN3O4S2/c10-6-4-7(11)8(12)5-9(6)20(17,18)14-2-1-3-19(13,15)16/h4-5,14H,1-3,12H2,(H2,13,15,16). The second-order valence-electron chi connectivity index (χ2n) is 3.92. The Labute approximate surface area is 124 Å². The largest absolute Gasteiger partial charge is 0.396 e. The number of halogens is 2. The van der Waals surface area contributed by atoms with Crippen LogP contribution in [-0.4, -0.2) is 29.1 Å². The molecule has 0 aliphatic heterocycles. The summed E-state index contributed by atoms with van der Waals surface area (Å²) in [6, 6.07) is 1.91. The molecule has 0 saturated heterocycles. The van der Waals surface area contributed by atoms with Gasteiger partial charge in [-0.15, -0.1) is 0 Å². The smallest absolute Gasteiger partial charge is 0.241 e. The van der Waals surface area contributed by atoms with E-state index in [-0.39, 0.29) is 33.8 Å². The molecule has 5 N–H and O–H groups in total. The summed E-state index contributed by atoms with van der Waals surface area (Å²) in [5.74, 6) is -1.09. The Morgan fingerprint density at radius 3 is 2.40 bits per heavy atom. The zero-order valence-corrected chi connectivity index (χ0v) is 13.4. The number of hydrogen-bond acceptors (Lipinski definition) is 5. The summed E-state index contributed by atoms with van der Waals surface area (Å²) < 4.78 is 60.6. The zero-order valence-electron chi connectivity index (χ0n) is 10.1. The lowest BCUT2D eigenvalue weighted by Crippen LogP contribution is -2.28. The molecule has 0 radical (unpaired) electrons. The van der Waals surface area contributed by atoms with E-state index in [9.17, 15) is 21.2 Å². The Balaban J connectivity index is 2.82. The van der Waals surface area contributed by atoms with Crippen molar-refractivity contribution in [3.05, 3.63) is 22.4 Å². The minimum Gasteiger partial charge on any atom is -0.396 e. The molecule has 0 heterocycles. The van der Waals surface area contributed by atoms with Crippen LogP contribution in [0.15, 0.2) is 21.5 Å². The number of sulfonamides is 2. The summed E-state index contributed by atoms with van der Waals surface area (Å²) in [7, 11) is -7.57. The summed E-state index contributed by atoms with van der Waals surface area (Å²) in [4.78, 5) is -0.230. The van der Waals surface area contributed by atoms with Crippen LogP contribution in [0.3, 0.4) is 0 Å². The summed E-state index contributed by atoms with van der Waals surface area (Å²) in [5.41, 5.74) is 5.01. The molecule has 0 unspecified atom stereocenters. The molecule has 0 aliphatic rings. The van der Waals surface area contributed by atoms with Gasteiger partial charge in [-0.1, -0.05) is 0 Å². The summed E-state index contributed by atoms with van der Waals surface area (Å²) in [5, 5.41) is 4.79. The Bertz CT molecular complexity index is 706. The molecule has 11 heteroatoms. The lowest BCUT2D eigenvalue weighted by Gasteiger charge is -2.09. The zero-order chi connectivity index (χ0) is 15.6. The van der Waals surface area contributed by atoms with Gasteiger partial charge in [0.25, 0.3) is 0 Å². The van der Waals surface area contributed by atoms with Crippen molar-refractivity contribution in [3.8, 4) is 0 Å². The Morgan fingerprint density at radius 2 is 1.85 bits per heavy atom. The third kappa shape index (κ3) is 4.98. The average molecular weight is 390 g/mol. The lowest BCUT2D eigenvalue weighted by molar-refractivity contribution is 0.575. The van der Waals surface area contributed by atoms with Crippen molar-refractivity contribution >= 4 is 41.7 Å². The van der Waals surface area contributed by atoms with Crippen LogP contribution in [0, 0.1) is 5.82 Å². The Kier molecular flexibility index (Phi) is 5.49. The van der Waals surface area contributed by atoms with Gasteiger partial charge in [-0.25, -0.2) is 31.1 Å². The summed E-state index contributed by atoms with van der Waals surface area (Å²) in [6.07, 6.45) is 0.0202. The third-order valence-electron chi connectivity index (χ3n) is 2.24. The molecule has 0 bridgehead atoms. The van der Waals surface area contributed by atoms with Crippen molar-refractivity contribution in [1.82, 2.24) is 4.72 Å². The number of hydrogen-bond donors (Lipinski definition) is 3. The van der Waals surface area contributed by atoms with E-state index < -0.39 is 25.9 Å². The Hall–Kier alpha value is -0.750. The molecular weight excluding hydrogens is 377 g/mol. The van der Waals surface area contributed by atoms with E-state index >= 15 is 0 Å². The second-order valence-corrected chi connectivity index (χ2v) is 8.25. The van der Waals surface area contributed by atoms with Gasteiger partial charge in [-0.05, 0) is 34.5 Å². The van der Waals surface area contributed by atoms with Crippen LogP contribution < -0.4 is 15.6 Å². The van der Waals surface area contributed by atoms with E-state index in [1.54, 1.807) is 0 Å². The number of nitrogens with two attached hydrogens (primary N) is 2. The molecular formula is C9H13BrFN3O4S2. The van der Waals surface area contributed by atoms with E-state index in [4.69, 9.17) is 10.9 Å². The monoisotopic (exact) mass is 389 g/mol. The van der Waals surface area contributed by atoms with Gasteiger partial charge in [-0.2, -0.15) is 0 Å². The van der Waals surface area contributed by atoms with Gasteiger partial charge >= 0.3 is 0 Å². The second kappa shape index (κ2) is 6.35. The molecule has 0 aliphatic carbocycles. The van der Waals surface area contributed by atoms with Crippen LogP contribution in [-0.2, 0) is 20.0 Å². The van der Waals surface area contributed by atoms with Crippen LogP contribution >= 0.6 is 15.9 Å². The number of nitrogens with one attached hydrogen (secondary N) is 1. The molecule has 20 heavy (non-hydrogen) atoms. The summed E-state index contributed by atoms with van der Waals surface area (Å²) >= 11 is 2.93. The number of nitrogen functional groups attached to an aromatic ring is 1. The predicted molar refractivity (Wildman–Crippen MR) is 76.3 cm³/mol. The number of benzene rings is 1. The predicted octanol–water partition coefficient (Wildman–Crippen LogP) is 0.127. The van der Waals surface area contributed by atoms with Gasteiger partial charge < -0.3 is 5.73 Å². The maximum absolute atomic E-state index is 13.1. The molecule has 0 atom stereocenters. The lowest BCUT2D eigenvalue weighted by atomic mass is 10.3. The first-order valence-corrected chi connectivity index (χ1v) is 9.27. The molecule has 0 saturated carbocycles. The van der Waals surface area contributed by atoms with Gasteiger partial charge in [0.05, 0.1) is 16.3 Å². The maximum Gasteiger partial charge on any atom is 0.241 e. The van der Waals surface area contributed by atoms with Crippen LogP contribution in [0.4, 0.5) is 10.1 Å². The van der Waals surface area contributed by atoms with Gasteiger partial charge in [0.2, 0.25) is 20.0 Å². The van der Waals surface area contributed by atoms with E-state index in [2.05, 4.69) is 20.7 Å². The molecule has 0 spiro atoms. The first-order chi connectivity index (χ1) is 9.03. The highest BCUT2D eigenvalue weighted by atomic mass is 79.9. The van der Waals surface area contributed by atoms with Gasteiger partial charge in [-0.3, -0.25) is 0 Å². The van der Waals surface area contributed by atoms with Gasteiger partial charge in [0, 0.05) is 11.0 Å². The summed E-state index contributed by atoms with van der Waals surface area (Å²) in [6.45, 7) is -0.123. The van der Waals surface area contributed by atoms with Gasteiger partial charge in [0.15, 0.2) is 0 Å². The van der Waals surface area contributed by atoms with Crippen molar-refractivity contribution in [2.24, 2.45) is 5.14 Å². The minimum absolute atomic E-state index is 0.0168. The molecule has 1 rings (SSSR count). The topological polar surface area (TPSA) is 132 Å². The molecule has 0 aromatic heterocycles. The molecule has 7 nitrogen and oxygen atoms in total. The van der Waals surface area contributed by atoms with Crippen molar-refractivity contribution in [1.29, 1.82) is 0 Å². The van der Waals surface area contributed by atoms with Crippen molar-refractivity contribution in [2.75, 3.05) is 18.0 Å². The molecule has 1 aromatic rings. The van der Waals surface area contributed by atoms with Crippen LogP contribution in [0.1, 0.15) is 6.42 Å². The van der Waals surface area contributed by atoms with Crippen LogP contribution in [0.25, 0.3) is 0 Å². The fraction of sp³-hybridized carbons (Fsp3) is 0.333.